The maximum absolute atomic E-state index is 12.9. The summed E-state index contributed by atoms with van der Waals surface area (Å²) in [5.74, 6) is 0.425. The molecule has 1 aromatic heterocycles. The Kier molecular flexibility index (Phi) is 6.73. The Morgan fingerprint density at radius 1 is 1.03 bits per heavy atom. The van der Waals surface area contributed by atoms with Gasteiger partial charge in [-0.05, 0) is 29.8 Å². The fourth-order valence-corrected chi connectivity index (χ4v) is 3.62. The zero-order chi connectivity index (χ0) is 23.2. The molecule has 8 heteroatoms. The number of carbonyl (C=O) groups excluding carboxylic acids is 2. The van der Waals surface area contributed by atoms with Gasteiger partial charge in [-0.3, -0.25) is 14.4 Å². The predicted octanol–water partition coefficient (Wildman–Crippen LogP) is 2.32. The molecule has 0 atom stereocenters. The molecule has 0 saturated heterocycles. The highest BCUT2D eigenvalue weighted by Gasteiger charge is 2.25. The van der Waals surface area contributed by atoms with E-state index in [1.54, 1.807) is 47.0 Å². The number of hydrogen-bond acceptors (Lipinski definition) is 5. The van der Waals surface area contributed by atoms with Crippen molar-refractivity contribution in [2.45, 2.75) is 13.2 Å². The van der Waals surface area contributed by atoms with Crippen LogP contribution in [0.4, 0.5) is 0 Å². The number of fused-ring (bicyclic) bond motifs is 1. The molecule has 1 aliphatic heterocycles. The van der Waals surface area contributed by atoms with Gasteiger partial charge in [0.25, 0.3) is 11.8 Å². The van der Waals surface area contributed by atoms with Gasteiger partial charge in [-0.25, -0.2) is 0 Å². The van der Waals surface area contributed by atoms with Crippen molar-refractivity contribution in [3.05, 3.63) is 93.9 Å². The van der Waals surface area contributed by atoms with Crippen molar-refractivity contribution < 1.29 is 19.1 Å². The second kappa shape index (κ2) is 10.0. The van der Waals surface area contributed by atoms with E-state index in [2.05, 4.69) is 5.32 Å². The number of hydrogen-bond donors (Lipinski definition) is 1. The zero-order valence-electron chi connectivity index (χ0n) is 18.3. The molecule has 0 aliphatic carbocycles. The second-order valence-corrected chi connectivity index (χ2v) is 7.63. The number of methoxy groups -OCH3 is 1. The first-order chi connectivity index (χ1) is 16.0. The lowest BCUT2D eigenvalue weighted by Gasteiger charge is -2.30. The van der Waals surface area contributed by atoms with E-state index in [1.807, 2.05) is 30.3 Å². The van der Waals surface area contributed by atoms with Gasteiger partial charge < -0.3 is 24.3 Å². The Hall–Kier alpha value is -4.07. The molecule has 0 radical (unpaired) electrons. The summed E-state index contributed by atoms with van der Waals surface area (Å²) >= 11 is 0. The van der Waals surface area contributed by atoms with E-state index in [0.717, 1.165) is 5.56 Å². The Bertz CT molecular complexity index is 1190. The third kappa shape index (κ3) is 5.23. The van der Waals surface area contributed by atoms with E-state index in [9.17, 15) is 14.4 Å². The highest BCUT2D eigenvalue weighted by molar-refractivity contribution is 5.95. The maximum Gasteiger partial charge on any atom is 0.270 e. The molecule has 0 fully saturated rings. The topological polar surface area (TPSA) is 89.9 Å². The minimum Gasteiger partial charge on any atom is -0.497 e. The normalized spacial score (nSPS) is 12.8. The van der Waals surface area contributed by atoms with Crippen LogP contribution in [0.2, 0.25) is 0 Å². The van der Waals surface area contributed by atoms with E-state index in [-0.39, 0.29) is 29.6 Å². The van der Waals surface area contributed by atoms with E-state index in [0.29, 0.717) is 43.2 Å². The summed E-state index contributed by atoms with van der Waals surface area (Å²) in [7, 11) is 1.56. The monoisotopic (exact) mass is 447 g/mol. The maximum atomic E-state index is 12.9. The molecule has 1 aliphatic rings. The number of benzene rings is 2. The molecule has 0 unspecified atom stereocenters. The van der Waals surface area contributed by atoms with Crippen LogP contribution in [0.15, 0.2) is 71.7 Å². The molecule has 0 saturated carbocycles. The second-order valence-electron chi connectivity index (χ2n) is 7.63. The number of carbonyl (C=O) groups is 2. The van der Waals surface area contributed by atoms with Crippen LogP contribution < -0.4 is 20.2 Å². The minimum absolute atomic E-state index is 0.218. The van der Waals surface area contributed by atoms with Crippen LogP contribution in [0.5, 0.6) is 11.5 Å². The van der Waals surface area contributed by atoms with E-state index in [4.69, 9.17) is 9.47 Å². The summed E-state index contributed by atoms with van der Waals surface area (Å²) in [5.41, 5.74) is 1.46. The van der Waals surface area contributed by atoms with Crippen LogP contribution in [0.1, 0.15) is 26.4 Å². The molecular formula is C25H25N3O5. The smallest absolute Gasteiger partial charge is 0.270 e. The van der Waals surface area contributed by atoms with Crippen LogP contribution in [-0.2, 0) is 13.2 Å². The van der Waals surface area contributed by atoms with Crippen LogP contribution in [0.3, 0.4) is 0 Å². The summed E-state index contributed by atoms with van der Waals surface area (Å²) in [6, 6.07) is 17.7. The summed E-state index contributed by atoms with van der Waals surface area (Å²) in [6.07, 6.45) is 1.60. The number of rotatable bonds is 8. The molecule has 33 heavy (non-hydrogen) atoms. The molecule has 4 rings (SSSR count). The fraction of sp³-hybridized carbons (Fsp3) is 0.240. The first kappa shape index (κ1) is 22.1. The number of nitrogens with one attached hydrogen (secondary N) is 1. The molecule has 2 amide bonds. The lowest BCUT2D eigenvalue weighted by atomic mass is 10.2. The number of ether oxygens (including phenoxy) is 2. The third-order valence-corrected chi connectivity index (χ3v) is 5.47. The van der Waals surface area contributed by atoms with E-state index >= 15 is 0 Å². The van der Waals surface area contributed by atoms with E-state index < -0.39 is 0 Å². The van der Waals surface area contributed by atoms with Gasteiger partial charge in [-0.2, -0.15) is 0 Å². The van der Waals surface area contributed by atoms with Crippen molar-refractivity contribution in [2.75, 3.05) is 26.7 Å². The van der Waals surface area contributed by atoms with Crippen LogP contribution >= 0.6 is 0 Å². The van der Waals surface area contributed by atoms with Gasteiger partial charge in [-0.1, -0.05) is 30.3 Å². The third-order valence-electron chi connectivity index (χ3n) is 5.47. The molecule has 0 spiro atoms. The fourth-order valence-electron chi connectivity index (χ4n) is 3.62. The van der Waals surface area contributed by atoms with Gasteiger partial charge in [-0.15, -0.1) is 0 Å². The molecule has 2 aromatic carbocycles. The number of pyridine rings is 1. The van der Waals surface area contributed by atoms with Crippen LogP contribution in [0, 0.1) is 0 Å². The highest BCUT2D eigenvalue weighted by Crippen LogP contribution is 2.16. The predicted molar refractivity (Wildman–Crippen MR) is 123 cm³/mol. The van der Waals surface area contributed by atoms with Crippen molar-refractivity contribution in [2.24, 2.45) is 0 Å². The van der Waals surface area contributed by atoms with E-state index in [1.165, 1.54) is 6.07 Å². The molecule has 2 heterocycles. The standard InChI is InChI=1S/C25H25N3O5/c1-32-20-9-7-19(8-10-20)24(30)26-11-12-27-13-14-28-16-23(22(29)15-21(28)25(27)31)33-17-18-5-3-2-4-6-18/h2-10,15-16H,11-14,17H2,1H3,(H,26,30). The van der Waals surface area contributed by atoms with Gasteiger partial charge in [0.05, 0.1) is 13.3 Å². The Labute approximate surface area is 191 Å². The van der Waals surface area contributed by atoms with Gasteiger partial charge in [0.1, 0.15) is 18.1 Å². The van der Waals surface area contributed by atoms with Crippen molar-refractivity contribution in [1.29, 1.82) is 0 Å². The highest BCUT2D eigenvalue weighted by atomic mass is 16.5. The van der Waals surface area contributed by atoms with Crippen molar-refractivity contribution in [1.82, 2.24) is 14.8 Å². The first-order valence-corrected chi connectivity index (χ1v) is 10.7. The van der Waals surface area contributed by atoms with Crippen LogP contribution in [-0.4, -0.2) is 48.0 Å². The minimum atomic E-state index is -0.333. The summed E-state index contributed by atoms with van der Waals surface area (Å²) < 4.78 is 12.5. The summed E-state index contributed by atoms with van der Waals surface area (Å²) in [6.45, 7) is 1.95. The quantitative estimate of drug-likeness (QED) is 0.573. The molecule has 8 nitrogen and oxygen atoms in total. The Morgan fingerprint density at radius 3 is 2.52 bits per heavy atom. The molecule has 170 valence electrons. The number of nitrogens with zero attached hydrogens (tertiary/aromatic N) is 2. The molecule has 0 bridgehead atoms. The van der Waals surface area contributed by atoms with Crippen LogP contribution in [0.25, 0.3) is 0 Å². The molecule has 1 N–H and O–H groups in total. The van der Waals surface area contributed by atoms with Gasteiger partial charge in [0.2, 0.25) is 5.43 Å². The summed E-state index contributed by atoms with van der Waals surface area (Å²) in [5, 5.41) is 2.82. The first-order valence-electron chi connectivity index (χ1n) is 10.7. The van der Waals surface area contributed by atoms with Gasteiger partial charge in [0.15, 0.2) is 5.75 Å². The largest absolute Gasteiger partial charge is 0.497 e. The Balaban J connectivity index is 1.34. The van der Waals surface area contributed by atoms with Gasteiger partial charge >= 0.3 is 0 Å². The van der Waals surface area contributed by atoms with Crippen molar-refractivity contribution in [3.63, 3.8) is 0 Å². The average Bonchev–Trinajstić information content (AvgIpc) is 2.85. The lowest BCUT2D eigenvalue weighted by Crippen LogP contribution is -2.45. The Morgan fingerprint density at radius 2 is 1.79 bits per heavy atom. The SMILES string of the molecule is COc1ccc(C(=O)NCCN2CCn3cc(OCc4ccccc4)c(=O)cc3C2=O)cc1. The van der Waals surface area contributed by atoms with Crippen molar-refractivity contribution in [3.8, 4) is 11.5 Å². The number of amides is 2. The molecular weight excluding hydrogens is 422 g/mol. The summed E-state index contributed by atoms with van der Waals surface area (Å²) in [4.78, 5) is 39.3. The average molecular weight is 447 g/mol. The van der Waals surface area contributed by atoms with Gasteiger partial charge in [0, 0.05) is 37.8 Å². The molecule has 3 aromatic rings. The van der Waals surface area contributed by atoms with Crippen molar-refractivity contribution >= 4 is 11.8 Å². The lowest BCUT2D eigenvalue weighted by molar-refractivity contribution is 0.0696. The zero-order valence-corrected chi connectivity index (χ0v) is 18.3. The number of aromatic nitrogens is 1.